The van der Waals surface area contributed by atoms with E-state index in [2.05, 4.69) is 4.90 Å². The van der Waals surface area contributed by atoms with Crippen LogP contribution < -0.4 is 9.04 Å². The number of hydrogen-bond donors (Lipinski definition) is 0. The van der Waals surface area contributed by atoms with Gasteiger partial charge in [0, 0.05) is 38.3 Å². The summed E-state index contributed by atoms with van der Waals surface area (Å²) in [5.74, 6) is -0.223. The highest BCUT2D eigenvalue weighted by Gasteiger charge is 2.29. The first-order valence-corrected chi connectivity index (χ1v) is 10.3. The maximum absolute atomic E-state index is 12.7. The van der Waals surface area contributed by atoms with Crippen LogP contribution in [0.4, 0.5) is 11.4 Å². The molecule has 1 aliphatic heterocycles. The zero-order valence-electron chi connectivity index (χ0n) is 15.6. The molecule has 150 valence electrons. The van der Waals surface area contributed by atoms with Crippen LogP contribution in [0, 0.1) is 10.1 Å². The second-order valence-electron chi connectivity index (χ2n) is 6.20. The number of anilines is 1. The molecule has 0 atom stereocenters. The minimum absolute atomic E-state index is 0.0326. The fraction of sp³-hybridized carbons (Fsp3) is 0.562. The fourth-order valence-electron chi connectivity index (χ4n) is 2.90. The van der Waals surface area contributed by atoms with E-state index in [1.54, 1.807) is 4.90 Å². The van der Waals surface area contributed by atoms with Crippen LogP contribution in [-0.2, 0) is 14.8 Å². The third-order valence-corrected chi connectivity index (χ3v) is 5.62. The van der Waals surface area contributed by atoms with E-state index in [-0.39, 0.29) is 23.0 Å². The van der Waals surface area contributed by atoms with Gasteiger partial charge in [-0.2, -0.15) is 0 Å². The van der Waals surface area contributed by atoms with Crippen LogP contribution >= 0.6 is 0 Å². The summed E-state index contributed by atoms with van der Waals surface area (Å²) in [6, 6.07) is 3.63. The molecule has 27 heavy (non-hydrogen) atoms. The first-order chi connectivity index (χ1) is 12.7. The van der Waals surface area contributed by atoms with Gasteiger partial charge in [-0.1, -0.05) is 6.92 Å². The molecule has 0 bridgehead atoms. The number of hydrogen-bond acceptors (Lipinski definition) is 7. The molecule has 11 heteroatoms. The highest BCUT2D eigenvalue weighted by atomic mass is 32.2. The van der Waals surface area contributed by atoms with Gasteiger partial charge in [0.05, 0.1) is 18.3 Å². The van der Waals surface area contributed by atoms with Crippen LogP contribution in [0.25, 0.3) is 0 Å². The Kier molecular flexibility index (Phi) is 6.60. The van der Waals surface area contributed by atoms with Gasteiger partial charge in [0.15, 0.2) is 0 Å². The van der Waals surface area contributed by atoms with Gasteiger partial charge in [-0.3, -0.25) is 19.2 Å². The lowest BCUT2D eigenvalue weighted by molar-refractivity contribution is -0.384. The quantitative estimate of drug-likeness (QED) is 0.485. The third-order valence-electron chi connectivity index (χ3n) is 4.49. The summed E-state index contributed by atoms with van der Waals surface area (Å²) in [5, 5.41) is 11.1. The molecule has 1 heterocycles. The molecule has 1 aromatic carbocycles. The zero-order chi connectivity index (χ0) is 20.2. The van der Waals surface area contributed by atoms with Gasteiger partial charge in [0.1, 0.15) is 18.0 Å². The number of non-ortho nitro benzene ring substituents is 1. The molecule has 2 rings (SSSR count). The van der Waals surface area contributed by atoms with Crippen LogP contribution in [0.15, 0.2) is 18.2 Å². The number of methoxy groups -OCH3 is 1. The lowest BCUT2D eigenvalue weighted by Gasteiger charge is -2.35. The summed E-state index contributed by atoms with van der Waals surface area (Å²) in [6.45, 7) is 4.96. The van der Waals surface area contributed by atoms with Crippen molar-refractivity contribution in [1.29, 1.82) is 0 Å². The van der Waals surface area contributed by atoms with Crippen molar-refractivity contribution >= 4 is 27.3 Å². The number of piperazine rings is 1. The van der Waals surface area contributed by atoms with Crippen molar-refractivity contribution < 1.29 is 22.9 Å². The van der Waals surface area contributed by atoms with E-state index in [0.717, 1.165) is 36.3 Å². The Balaban J connectivity index is 2.30. The zero-order valence-corrected chi connectivity index (χ0v) is 16.4. The lowest BCUT2D eigenvalue weighted by Crippen LogP contribution is -2.51. The number of nitro benzene ring substituents is 1. The van der Waals surface area contributed by atoms with Crippen LogP contribution in [0.3, 0.4) is 0 Å². The molecular formula is C16H24N4O6S. The van der Waals surface area contributed by atoms with E-state index in [1.165, 1.54) is 19.2 Å². The number of nitro groups is 1. The average molecular weight is 400 g/mol. The number of amides is 1. The number of ether oxygens (including phenoxy) is 1. The minimum Gasteiger partial charge on any atom is -0.495 e. The highest BCUT2D eigenvalue weighted by molar-refractivity contribution is 7.92. The summed E-state index contributed by atoms with van der Waals surface area (Å²) >= 11 is 0. The number of likely N-dealkylation sites (N-methyl/N-ethyl adjacent to an activating group) is 1. The maximum Gasteiger partial charge on any atom is 0.271 e. The van der Waals surface area contributed by atoms with Crippen molar-refractivity contribution in [3.05, 3.63) is 28.3 Å². The number of nitrogens with zero attached hydrogens (tertiary/aromatic N) is 4. The first kappa shape index (κ1) is 20.9. The highest BCUT2D eigenvalue weighted by Crippen LogP contribution is 2.33. The molecule has 0 radical (unpaired) electrons. The van der Waals surface area contributed by atoms with Crippen LogP contribution in [0.1, 0.15) is 6.92 Å². The normalized spacial score (nSPS) is 15.4. The predicted octanol–water partition coefficient (Wildman–Crippen LogP) is 0.533. The molecule has 0 unspecified atom stereocenters. The van der Waals surface area contributed by atoms with Crippen molar-refractivity contribution in [1.82, 2.24) is 9.80 Å². The lowest BCUT2D eigenvalue weighted by atomic mass is 10.2. The number of carbonyl (C=O) groups is 1. The van der Waals surface area contributed by atoms with Crippen molar-refractivity contribution in [2.24, 2.45) is 0 Å². The van der Waals surface area contributed by atoms with E-state index in [4.69, 9.17) is 4.74 Å². The molecule has 1 fully saturated rings. The summed E-state index contributed by atoms with van der Waals surface area (Å²) in [6.07, 6.45) is 0.952. The Morgan fingerprint density at radius 1 is 1.30 bits per heavy atom. The van der Waals surface area contributed by atoms with Crippen LogP contribution in [0.2, 0.25) is 0 Å². The third kappa shape index (κ3) is 5.07. The van der Waals surface area contributed by atoms with Gasteiger partial charge >= 0.3 is 0 Å². The van der Waals surface area contributed by atoms with Crippen molar-refractivity contribution in [3.63, 3.8) is 0 Å². The van der Waals surface area contributed by atoms with E-state index in [0.29, 0.717) is 13.1 Å². The van der Waals surface area contributed by atoms with Crippen molar-refractivity contribution in [3.8, 4) is 5.75 Å². The Morgan fingerprint density at radius 2 is 1.93 bits per heavy atom. The monoisotopic (exact) mass is 400 g/mol. The number of sulfonamides is 1. The van der Waals surface area contributed by atoms with Gasteiger partial charge < -0.3 is 14.5 Å². The average Bonchev–Trinajstić information content (AvgIpc) is 2.64. The Hall–Kier alpha value is -2.40. The number of carbonyl (C=O) groups excluding carboxylic acids is 1. The molecule has 0 N–H and O–H groups in total. The van der Waals surface area contributed by atoms with Gasteiger partial charge in [0.2, 0.25) is 15.9 Å². The van der Waals surface area contributed by atoms with E-state index in [1.807, 2.05) is 6.92 Å². The molecule has 1 amide bonds. The van der Waals surface area contributed by atoms with Gasteiger partial charge in [0.25, 0.3) is 5.69 Å². The molecule has 10 nitrogen and oxygen atoms in total. The summed E-state index contributed by atoms with van der Waals surface area (Å²) in [4.78, 5) is 26.9. The van der Waals surface area contributed by atoms with Gasteiger partial charge in [-0.05, 0) is 12.6 Å². The SMILES string of the molecule is CCN1CCN(C(=O)CN(c2cc([N+](=O)[O-])ccc2OC)S(C)(=O)=O)CC1. The van der Waals surface area contributed by atoms with Gasteiger partial charge in [-0.25, -0.2) is 8.42 Å². The number of rotatable bonds is 7. The minimum atomic E-state index is -3.87. The molecule has 0 spiro atoms. The second-order valence-corrected chi connectivity index (χ2v) is 8.10. The predicted molar refractivity (Wildman–Crippen MR) is 101 cm³/mol. The van der Waals surface area contributed by atoms with Crippen molar-refractivity contribution in [2.45, 2.75) is 6.92 Å². The largest absolute Gasteiger partial charge is 0.495 e. The topological polar surface area (TPSA) is 113 Å². The molecule has 0 aliphatic carbocycles. The smallest absolute Gasteiger partial charge is 0.271 e. The Bertz CT molecular complexity index is 805. The Morgan fingerprint density at radius 3 is 2.41 bits per heavy atom. The standard InChI is InChI=1S/C16H24N4O6S/c1-4-17-7-9-18(10-8-17)16(21)12-19(27(3,24)25)14-11-13(20(22)23)5-6-15(14)26-2/h5-6,11H,4,7-10,12H2,1-3H3. The molecule has 1 aromatic rings. The molecule has 1 aliphatic rings. The number of benzene rings is 1. The van der Waals surface area contributed by atoms with E-state index in [9.17, 15) is 23.3 Å². The summed E-state index contributed by atoms with van der Waals surface area (Å²) < 4.78 is 30.6. The summed E-state index contributed by atoms with van der Waals surface area (Å²) in [7, 11) is -2.54. The maximum atomic E-state index is 12.7. The molecule has 1 saturated heterocycles. The fourth-order valence-corrected chi connectivity index (χ4v) is 3.75. The van der Waals surface area contributed by atoms with Gasteiger partial charge in [-0.15, -0.1) is 0 Å². The molecule has 0 aromatic heterocycles. The Labute approximate surface area is 158 Å². The van der Waals surface area contributed by atoms with Crippen molar-refractivity contribution in [2.75, 3.05) is 56.9 Å². The van der Waals surface area contributed by atoms with E-state index >= 15 is 0 Å². The molecular weight excluding hydrogens is 376 g/mol. The van der Waals surface area contributed by atoms with Crippen LogP contribution in [0.5, 0.6) is 5.75 Å². The second kappa shape index (κ2) is 8.53. The van der Waals surface area contributed by atoms with E-state index < -0.39 is 21.5 Å². The first-order valence-electron chi connectivity index (χ1n) is 8.47. The molecule has 0 saturated carbocycles. The van der Waals surface area contributed by atoms with Crippen LogP contribution in [-0.4, -0.2) is 81.7 Å². The summed E-state index contributed by atoms with van der Waals surface area (Å²) in [5.41, 5.74) is -0.321.